The molecule has 116 valence electrons. The van der Waals surface area contributed by atoms with Crippen LogP contribution in [0.2, 0.25) is 0 Å². The largest absolute Gasteiger partial charge is 0.351 e. The fourth-order valence-corrected chi connectivity index (χ4v) is 4.10. The van der Waals surface area contributed by atoms with Crippen LogP contribution in [0.25, 0.3) is 0 Å². The van der Waals surface area contributed by atoms with Crippen LogP contribution in [0.3, 0.4) is 0 Å². The third kappa shape index (κ3) is 5.09. The molecule has 1 aliphatic rings. The first kappa shape index (κ1) is 15.9. The van der Waals surface area contributed by atoms with Crippen LogP contribution < -0.4 is 5.32 Å². The normalized spacial score (nSPS) is 20.6. The number of nitrogens with one attached hydrogen (secondary N) is 1. The first-order valence-corrected chi connectivity index (χ1v) is 8.59. The topological polar surface area (TPSA) is 66.5 Å². The zero-order chi connectivity index (χ0) is 15.5. The summed E-state index contributed by atoms with van der Waals surface area (Å²) in [6.07, 6.45) is 0.474. The van der Waals surface area contributed by atoms with Gasteiger partial charge in [0.15, 0.2) is 9.84 Å². The van der Waals surface area contributed by atoms with E-state index in [9.17, 15) is 17.6 Å². The molecule has 1 aliphatic heterocycles. The van der Waals surface area contributed by atoms with Gasteiger partial charge in [0.1, 0.15) is 5.82 Å². The average molecular weight is 314 g/mol. The predicted molar refractivity (Wildman–Crippen MR) is 77.9 cm³/mol. The van der Waals surface area contributed by atoms with Crippen LogP contribution in [0.1, 0.15) is 12.0 Å². The molecule has 7 heteroatoms. The molecular weight excluding hydrogens is 295 g/mol. The van der Waals surface area contributed by atoms with Crippen molar-refractivity contribution in [3.05, 3.63) is 35.6 Å². The number of hydrogen-bond acceptors (Lipinski definition) is 4. The Morgan fingerprint density at radius 1 is 1.48 bits per heavy atom. The van der Waals surface area contributed by atoms with Crippen LogP contribution in [0.5, 0.6) is 0 Å². The average Bonchev–Trinajstić information content (AvgIpc) is 2.67. The van der Waals surface area contributed by atoms with Gasteiger partial charge in [0.05, 0.1) is 18.1 Å². The van der Waals surface area contributed by atoms with E-state index in [-0.39, 0.29) is 35.8 Å². The zero-order valence-electron chi connectivity index (χ0n) is 11.9. The van der Waals surface area contributed by atoms with Gasteiger partial charge >= 0.3 is 0 Å². The molecule has 1 N–H and O–H groups in total. The van der Waals surface area contributed by atoms with Crippen molar-refractivity contribution in [3.63, 3.8) is 0 Å². The second-order valence-electron chi connectivity index (χ2n) is 5.47. The molecule has 2 rings (SSSR count). The Balaban J connectivity index is 1.80. The Morgan fingerprint density at radius 2 is 2.24 bits per heavy atom. The summed E-state index contributed by atoms with van der Waals surface area (Å²) in [5.74, 6) is -0.360. The summed E-state index contributed by atoms with van der Waals surface area (Å²) in [5, 5.41) is 2.73. The van der Waals surface area contributed by atoms with Gasteiger partial charge in [0.2, 0.25) is 5.91 Å². The number of hydrogen-bond donors (Lipinski definition) is 1. The summed E-state index contributed by atoms with van der Waals surface area (Å²) in [6.45, 7) is 0.598. The molecular formula is C14H19FN2O3S. The molecule has 21 heavy (non-hydrogen) atoms. The van der Waals surface area contributed by atoms with E-state index in [4.69, 9.17) is 0 Å². The molecule has 1 aromatic carbocycles. The quantitative estimate of drug-likeness (QED) is 0.862. The standard InChI is InChI=1S/C14H19FN2O3S/c1-17(8-11-3-2-4-12(15)7-11)9-14(18)16-13-5-6-21(19,20)10-13/h2-4,7,13H,5-6,8-10H2,1H3,(H,16,18). The summed E-state index contributed by atoms with van der Waals surface area (Å²) in [5.41, 5.74) is 0.786. The van der Waals surface area contributed by atoms with Gasteiger partial charge in [-0.25, -0.2) is 12.8 Å². The minimum atomic E-state index is -2.99. The van der Waals surface area contributed by atoms with Crippen molar-refractivity contribution in [2.24, 2.45) is 0 Å². The lowest BCUT2D eigenvalue weighted by Crippen LogP contribution is -2.41. The molecule has 1 saturated heterocycles. The summed E-state index contributed by atoms with van der Waals surface area (Å²) >= 11 is 0. The van der Waals surface area contributed by atoms with Crippen molar-refractivity contribution in [2.75, 3.05) is 25.1 Å². The van der Waals surface area contributed by atoms with Crippen LogP contribution in [0.15, 0.2) is 24.3 Å². The Hall–Kier alpha value is -1.47. The summed E-state index contributed by atoms with van der Waals surface area (Å²) in [6, 6.07) is 5.93. The van der Waals surface area contributed by atoms with Crippen molar-refractivity contribution in [2.45, 2.75) is 19.0 Å². The molecule has 0 aliphatic carbocycles. The van der Waals surface area contributed by atoms with Crippen molar-refractivity contribution >= 4 is 15.7 Å². The van der Waals surface area contributed by atoms with Crippen molar-refractivity contribution in [1.29, 1.82) is 0 Å². The van der Waals surface area contributed by atoms with Crippen LogP contribution in [-0.2, 0) is 21.2 Å². The molecule has 0 spiro atoms. The Kier molecular flexibility index (Phi) is 4.95. The Labute approximate surface area is 124 Å². The van der Waals surface area contributed by atoms with E-state index in [0.717, 1.165) is 5.56 Å². The van der Waals surface area contributed by atoms with Gasteiger partial charge in [0, 0.05) is 12.6 Å². The molecule has 0 saturated carbocycles. The number of amides is 1. The minimum absolute atomic E-state index is 0.0202. The predicted octanol–water partition coefficient (Wildman–Crippen LogP) is 0.561. The number of carbonyl (C=O) groups excluding carboxylic acids is 1. The minimum Gasteiger partial charge on any atom is -0.351 e. The zero-order valence-corrected chi connectivity index (χ0v) is 12.7. The third-order valence-electron chi connectivity index (χ3n) is 3.35. The second kappa shape index (κ2) is 6.53. The van der Waals surface area contributed by atoms with Crippen LogP contribution in [0, 0.1) is 5.82 Å². The Morgan fingerprint density at radius 3 is 2.86 bits per heavy atom. The molecule has 1 aromatic rings. The van der Waals surface area contributed by atoms with Gasteiger partial charge in [-0.1, -0.05) is 12.1 Å². The highest BCUT2D eigenvalue weighted by molar-refractivity contribution is 7.91. The van der Waals surface area contributed by atoms with E-state index in [2.05, 4.69) is 5.32 Å². The van der Waals surface area contributed by atoms with Gasteiger partial charge in [-0.3, -0.25) is 9.69 Å². The number of rotatable bonds is 5. The van der Waals surface area contributed by atoms with Crippen molar-refractivity contribution < 1.29 is 17.6 Å². The maximum atomic E-state index is 13.1. The van der Waals surface area contributed by atoms with E-state index in [1.54, 1.807) is 24.1 Å². The lowest BCUT2D eigenvalue weighted by atomic mass is 10.2. The fraction of sp³-hybridized carbons (Fsp3) is 0.500. The third-order valence-corrected chi connectivity index (χ3v) is 5.12. The maximum Gasteiger partial charge on any atom is 0.234 e. The van der Waals surface area contributed by atoms with Crippen LogP contribution in [-0.4, -0.2) is 50.4 Å². The first-order chi connectivity index (χ1) is 9.84. The SMILES string of the molecule is CN(CC(=O)NC1CCS(=O)(=O)C1)Cc1cccc(F)c1. The molecule has 1 unspecified atom stereocenters. The summed E-state index contributed by atoms with van der Waals surface area (Å²) in [7, 11) is -1.23. The molecule has 1 heterocycles. The molecule has 1 fully saturated rings. The number of benzene rings is 1. The highest BCUT2D eigenvalue weighted by Gasteiger charge is 2.28. The van der Waals surface area contributed by atoms with Crippen LogP contribution >= 0.6 is 0 Å². The van der Waals surface area contributed by atoms with Gasteiger partial charge in [0.25, 0.3) is 0 Å². The molecule has 1 amide bonds. The maximum absolute atomic E-state index is 13.1. The summed E-state index contributed by atoms with van der Waals surface area (Å²) < 4.78 is 35.7. The Bertz CT molecular complexity index is 618. The van der Waals surface area contributed by atoms with Gasteiger partial charge in [-0.15, -0.1) is 0 Å². The molecule has 5 nitrogen and oxygen atoms in total. The molecule has 0 aromatic heterocycles. The van der Waals surface area contributed by atoms with E-state index >= 15 is 0 Å². The molecule has 0 bridgehead atoms. The number of carbonyl (C=O) groups is 1. The highest BCUT2D eigenvalue weighted by atomic mass is 32.2. The molecule has 0 radical (unpaired) electrons. The second-order valence-corrected chi connectivity index (χ2v) is 7.70. The fourth-order valence-electron chi connectivity index (χ4n) is 2.43. The van der Waals surface area contributed by atoms with Crippen molar-refractivity contribution in [1.82, 2.24) is 10.2 Å². The van der Waals surface area contributed by atoms with Gasteiger partial charge in [-0.05, 0) is 31.2 Å². The number of likely N-dealkylation sites (N-methyl/N-ethyl adjacent to an activating group) is 1. The lowest BCUT2D eigenvalue weighted by molar-refractivity contribution is -0.122. The smallest absolute Gasteiger partial charge is 0.234 e. The summed E-state index contributed by atoms with van der Waals surface area (Å²) in [4.78, 5) is 13.6. The lowest BCUT2D eigenvalue weighted by Gasteiger charge is -2.18. The van der Waals surface area contributed by atoms with Crippen LogP contribution in [0.4, 0.5) is 4.39 Å². The van der Waals surface area contributed by atoms with E-state index in [0.29, 0.717) is 13.0 Å². The number of halogens is 1. The monoisotopic (exact) mass is 314 g/mol. The van der Waals surface area contributed by atoms with Crippen molar-refractivity contribution in [3.8, 4) is 0 Å². The van der Waals surface area contributed by atoms with Gasteiger partial charge < -0.3 is 5.32 Å². The number of nitrogens with zero attached hydrogens (tertiary/aromatic N) is 1. The molecule has 1 atom stereocenters. The van der Waals surface area contributed by atoms with E-state index < -0.39 is 9.84 Å². The first-order valence-electron chi connectivity index (χ1n) is 6.77. The van der Waals surface area contributed by atoms with E-state index in [1.807, 2.05) is 0 Å². The van der Waals surface area contributed by atoms with Gasteiger partial charge in [-0.2, -0.15) is 0 Å². The number of sulfone groups is 1. The highest BCUT2D eigenvalue weighted by Crippen LogP contribution is 2.11. The van der Waals surface area contributed by atoms with E-state index in [1.165, 1.54) is 12.1 Å².